The molecule has 25 heavy (non-hydrogen) atoms. The fraction of sp³-hybridized carbons (Fsp3) is 0.0625. The molecule has 1 aromatic heterocycles. The average molecular weight is 375 g/mol. The number of benzene rings is 2. The maximum absolute atomic E-state index is 12.3. The molecular formula is C16H11ClN4O3S. The van der Waals surface area contributed by atoms with Gasteiger partial charge in [0.1, 0.15) is 10.6 Å². The van der Waals surface area contributed by atoms with Crippen LogP contribution in [-0.2, 0) is 6.42 Å². The second kappa shape index (κ2) is 7.37. The minimum Gasteiger partial charge on any atom is -0.296 e. The summed E-state index contributed by atoms with van der Waals surface area (Å²) in [5.74, 6) is -0.596. The van der Waals surface area contributed by atoms with E-state index in [2.05, 4.69) is 15.5 Å². The number of nitrogens with one attached hydrogen (secondary N) is 1. The van der Waals surface area contributed by atoms with E-state index < -0.39 is 10.8 Å². The van der Waals surface area contributed by atoms with Gasteiger partial charge < -0.3 is 0 Å². The third-order valence-corrected chi connectivity index (χ3v) is 4.39. The second-order valence-electron chi connectivity index (χ2n) is 5.03. The molecule has 2 aromatic carbocycles. The molecule has 9 heteroatoms. The number of nitro groups is 1. The van der Waals surface area contributed by atoms with Crippen molar-refractivity contribution < 1.29 is 9.72 Å². The van der Waals surface area contributed by atoms with Gasteiger partial charge in [0.15, 0.2) is 0 Å². The summed E-state index contributed by atoms with van der Waals surface area (Å²) in [4.78, 5) is 22.7. The Morgan fingerprint density at radius 3 is 2.60 bits per heavy atom. The zero-order chi connectivity index (χ0) is 17.8. The zero-order valence-corrected chi connectivity index (χ0v) is 14.3. The molecule has 0 unspecified atom stereocenters. The van der Waals surface area contributed by atoms with Crippen LogP contribution in [0, 0.1) is 10.1 Å². The van der Waals surface area contributed by atoms with Crippen molar-refractivity contribution in [2.24, 2.45) is 0 Å². The Morgan fingerprint density at radius 1 is 1.16 bits per heavy atom. The van der Waals surface area contributed by atoms with Crippen LogP contribution in [0.25, 0.3) is 0 Å². The van der Waals surface area contributed by atoms with Crippen molar-refractivity contribution in [1.29, 1.82) is 0 Å². The maximum atomic E-state index is 12.3. The molecule has 0 spiro atoms. The van der Waals surface area contributed by atoms with E-state index in [1.54, 1.807) is 18.2 Å². The first kappa shape index (κ1) is 17.0. The van der Waals surface area contributed by atoms with E-state index >= 15 is 0 Å². The molecule has 0 radical (unpaired) electrons. The SMILES string of the molecule is O=C(Nc1nnc(Cc2ccc(Cl)cc2)s1)c1ccccc1[N+](=O)[O-]. The van der Waals surface area contributed by atoms with Crippen LogP contribution in [0.15, 0.2) is 48.5 Å². The van der Waals surface area contributed by atoms with Crippen LogP contribution in [-0.4, -0.2) is 21.0 Å². The molecule has 0 fully saturated rings. The Kier molecular flexibility index (Phi) is 5.01. The Hall–Kier alpha value is -2.84. The van der Waals surface area contributed by atoms with E-state index in [4.69, 9.17) is 11.6 Å². The lowest BCUT2D eigenvalue weighted by molar-refractivity contribution is -0.385. The number of hydrogen-bond donors (Lipinski definition) is 1. The highest BCUT2D eigenvalue weighted by Crippen LogP contribution is 2.22. The van der Waals surface area contributed by atoms with E-state index in [9.17, 15) is 14.9 Å². The number of nitrogens with zero attached hydrogens (tertiary/aromatic N) is 3. The van der Waals surface area contributed by atoms with Gasteiger partial charge in [-0.15, -0.1) is 10.2 Å². The van der Waals surface area contributed by atoms with Crippen LogP contribution in [0.3, 0.4) is 0 Å². The van der Waals surface area contributed by atoms with Crippen LogP contribution in [0.4, 0.5) is 10.8 Å². The van der Waals surface area contributed by atoms with Gasteiger partial charge in [0.2, 0.25) is 5.13 Å². The molecular weight excluding hydrogens is 364 g/mol. The second-order valence-corrected chi connectivity index (χ2v) is 6.53. The molecule has 3 rings (SSSR count). The number of carbonyl (C=O) groups is 1. The Morgan fingerprint density at radius 2 is 1.88 bits per heavy atom. The van der Waals surface area contributed by atoms with Crippen LogP contribution in [0.5, 0.6) is 0 Å². The van der Waals surface area contributed by atoms with Crippen LogP contribution in [0.2, 0.25) is 5.02 Å². The summed E-state index contributed by atoms with van der Waals surface area (Å²) in [7, 11) is 0. The summed E-state index contributed by atoms with van der Waals surface area (Å²) >= 11 is 7.06. The quantitative estimate of drug-likeness (QED) is 0.538. The predicted molar refractivity (Wildman–Crippen MR) is 95.2 cm³/mol. The molecule has 1 amide bonds. The first-order valence-electron chi connectivity index (χ1n) is 7.14. The fourth-order valence-corrected chi connectivity index (χ4v) is 3.04. The number of anilines is 1. The lowest BCUT2D eigenvalue weighted by Crippen LogP contribution is -2.13. The Balaban J connectivity index is 1.72. The van der Waals surface area contributed by atoms with E-state index in [0.717, 1.165) is 5.56 Å². The van der Waals surface area contributed by atoms with Gasteiger partial charge in [0, 0.05) is 17.5 Å². The number of aromatic nitrogens is 2. The number of hydrogen-bond acceptors (Lipinski definition) is 6. The van der Waals surface area contributed by atoms with Gasteiger partial charge in [-0.2, -0.15) is 0 Å². The molecule has 0 aliphatic heterocycles. The number of para-hydroxylation sites is 1. The van der Waals surface area contributed by atoms with Gasteiger partial charge in [0.05, 0.1) is 4.92 Å². The standard InChI is InChI=1S/C16H11ClN4O3S/c17-11-7-5-10(6-8-11)9-14-19-20-16(25-14)18-15(22)12-3-1-2-4-13(12)21(23)24/h1-8H,9H2,(H,18,20,22). The van der Waals surface area contributed by atoms with Gasteiger partial charge >= 0.3 is 0 Å². The number of nitro benzene ring substituents is 1. The number of halogens is 1. The molecule has 126 valence electrons. The highest BCUT2D eigenvalue weighted by molar-refractivity contribution is 7.15. The third kappa shape index (κ3) is 4.17. The van der Waals surface area contributed by atoms with Crippen molar-refractivity contribution in [1.82, 2.24) is 10.2 Å². The van der Waals surface area contributed by atoms with Crippen LogP contribution in [0.1, 0.15) is 20.9 Å². The van der Waals surface area contributed by atoms with Gasteiger partial charge in [-0.05, 0) is 23.8 Å². The summed E-state index contributed by atoms with van der Waals surface area (Å²) in [5, 5.41) is 23.1. The van der Waals surface area contributed by atoms with Crippen molar-refractivity contribution in [3.05, 3.63) is 79.8 Å². The minimum absolute atomic E-state index is 0.0260. The lowest BCUT2D eigenvalue weighted by Gasteiger charge is -2.02. The van der Waals surface area contributed by atoms with Crippen molar-refractivity contribution in [2.75, 3.05) is 5.32 Å². The van der Waals surface area contributed by atoms with Crippen molar-refractivity contribution in [3.8, 4) is 0 Å². The van der Waals surface area contributed by atoms with E-state index in [1.807, 2.05) is 12.1 Å². The Labute approximate surface area is 151 Å². The Bertz CT molecular complexity index is 927. The summed E-state index contributed by atoms with van der Waals surface area (Å²) < 4.78 is 0. The monoisotopic (exact) mass is 374 g/mol. The molecule has 1 N–H and O–H groups in total. The van der Waals surface area contributed by atoms with E-state index in [1.165, 1.54) is 29.5 Å². The van der Waals surface area contributed by atoms with Crippen LogP contribution >= 0.6 is 22.9 Å². The highest BCUT2D eigenvalue weighted by Gasteiger charge is 2.20. The van der Waals surface area contributed by atoms with E-state index in [0.29, 0.717) is 16.5 Å². The zero-order valence-electron chi connectivity index (χ0n) is 12.7. The molecule has 7 nitrogen and oxygen atoms in total. The van der Waals surface area contributed by atoms with Gasteiger partial charge in [-0.3, -0.25) is 20.2 Å². The van der Waals surface area contributed by atoms with Crippen molar-refractivity contribution in [2.45, 2.75) is 6.42 Å². The number of rotatable bonds is 5. The normalized spacial score (nSPS) is 10.4. The molecule has 0 aliphatic carbocycles. The fourth-order valence-electron chi connectivity index (χ4n) is 2.14. The lowest BCUT2D eigenvalue weighted by atomic mass is 10.1. The molecule has 1 heterocycles. The van der Waals surface area contributed by atoms with Gasteiger partial charge in [0.25, 0.3) is 11.6 Å². The van der Waals surface area contributed by atoms with Crippen LogP contribution < -0.4 is 5.32 Å². The molecule has 0 saturated heterocycles. The predicted octanol–water partition coefficient (Wildman–Crippen LogP) is 3.94. The number of amides is 1. The molecule has 0 aliphatic rings. The summed E-state index contributed by atoms with van der Waals surface area (Å²) in [6.45, 7) is 0. The largest absolute Gasteiger partial charge is 0.296 e. The summed E-state index contributed by atoms with van der Waals surface area (Å²) in [5.41, 5.74) is 0.727. The van der Waals surface area contributed by atoms with E-state index in [-0.39, 0.29) is 16.4 Å². The van der Waals surface area contributed by atoms with Crippen molar-refractivity contribution in [3.63, 3.8) is 0 Å². The molecule has 0 atom stereocenters. The minimum atomic E-state index is -0.596. The number of carbonyl (C=O) groups excluding carboxylic acids is 1. The molecule has 3 aromatic rings. The average Bonchev–Trinajstić information content (AvgIpc) is 3.03. The first-order chi connectivity index (χ1) is 12.0. The molecule has 0 bridgehead atoms. The molecule has 0 saturated carbocycles. The maximum Gasteiger partial charge on any atom is 0.282 e. The first-order valence-corrected chi connectivity index (χ1v) is 8.34. The third-order valence-electron chi connectivity index (χ3n) is 3.30. The van der Waals surface area contributed by atoms with Gasteiger partial charge in [-0.1, -0.05) is 47.2 Å². The van der Waals surface area contributed by atoms with Gasteiger partial charge in [-0.25, -0.2) is 0 Å². The summed E-state index contributed by atoms with van der Waals surface area (Å²) in [6.07, 6.45) is 0.552. The van der Waals surface area contributed by atoms with Crippen molar-refractivity contribution >= 4 is 39.7 Å². The summed E-state index contributed by atoms with van der Waals surface area (Å²) in [6, 6.07) is 13.1. The highest BCUT2D eigenvalue weighted by atomic mass is 35.5. The topological polar surface area (TPSA) is 98.0 Å². The smallest absolute Gasteiger partial charge is 0.282 e.